The van der Waals surface area contributed by atoms with Crippen LogP contribution in [0.5, 0.6) is 0 Å². The Kier molecular flexibility index (Phi) is 4.82. The van der Waals surface area contributed by atoms with E-state index in [9.17, 15) is 13.2 Å². The highest BCUT2D eigenvalue weighted by atomic mass is 79.9. The van der Waals surface area contributed by atoms with Gasteiger partial charge >= 0.3 is 5.97 Å². The van der Waals surface area contributed by atoms with Crippen molar-refractivity contribution < 1.29 is 18.3 Å². The highest BCUT2D eigenvalue weighted by Gasteiger charge is 2.32. The minimum atomic E-state index is -3.46. The van der Waals surface area contributed by atoms with Gasteiger partial charge in [-0.2, -0.15) is 0 Å². The zero-order valence-corrected chi connectivity index (χ0v) is 13.2. The highest BCUT2D eigenvalue weighted by Crippen LogP contribution is 2.22. The smallest absolute Gasteiger partial charge is 0.307 e. The summed E-state index contributed by atoms with van der Waals surface area (Å²) < 4.78 is 26.9. The Morgan fingerprint density at radius 2 is 2.00 bits per heavy atom. The van der Waals surface area contributed by atoms with Crippen LogP contribution >= 0.6 is 15.9 Å². The van der Waals surface area contributed by atoms with Gasteiger partial charge in [-0.05, 0) is 30.5 Å². The van der Waals surface area contributed by atoms with E-state index in [4.69, 9.17) is 5.11 Å². The van der Waals surface area contributed by atoms with Crippen molar-refractivity contribution in [2.75, 3.05) is 13.1 Å². The molecule has 1 aliphatic heterocycles. The van der Waals surface area contributed by atoms with E-state index in [-0.39, 0.29) is 12.3 Å². The maximum atomic E-state index is 12.3. The molecule has 0 saturated carbocycles. The number of nitrogens with zero attached hydrogens (tertiary/aromatic N) is 1. The predicted octanol–water partition coefficient (Wildman–Crippen LogP) is 2.08. The first-order chi connectivity index (χ1) is 9.38. The Morgan fingerprint density at radius 3 is 2.60 bits per heavy atom. The van der Waals surface area contributed by atoms with E-state index in [0.717, 1.165) is 4.47 Å². The molecule has 110 valence electrons. The second kappa shape index (κ2) is 6.24. The highest BCUT2D eigenvalue weighted by molar-refractivity contribution is 9.10. The summed E-state index contributed by atoms with van der Waals surface area (Å²) in [6.07, 6.45) is 1.14. The summed E-state index contributed by atoms with van der Waals surface area (Å²) in [5.41, 5.74) is 0.700. The summed E-state index contributed by atoms with van der Waals surface area (Å²) >= 11 is 3.30. The number of sulfonamides is 1. The molecule has 20 heavy (non-hydrogen) atoms. The number of rotatable bonds is 4. The van der Waals surface area contributed by atoms with Gasteiger partial charge in [-0.1, -0.05) is 28.1 Å². The van der Waals surface area contributed by atoms with Gasteiger partial charge in [-0.3, -0.25) is 4.79 Å². The Morgan fingerprint density at radius 1 is 1.35 bits per heavy atom. The van der Waals surface area contributed by atoms with Gasteiger partial charge in [0.25, 0.3) is 0 Å². The van der Waals surface area contributed by atoms with Crippen LogP contribution in [-0.2, 0) is 20.6 Å². The molecule has 2 rings (SSSR count). The van der Waals surface area contributed by atoms with E-state index >= 15 is 0 Å². The van der Waals surface area contributed by atoms with E-state index < -0.39 is 21.9 Å². The molecule has 1 heterocycles. The van der Waals surface area contributed by atoms with Crippen LogP contribution in [0.4, 0.5) is 0 Å². The predicted molar refractivity (Wildman–Crippen MR) is 78.7 cm³/mol. The summed E-state index contributed by atoms with van der Waals surface area (Å²) in [6, 6.07) is 7.09. The summed E-state index contributed by atoms with van der Waals surface area (Å²) in [5, 5.41) is 9.02. The lowest BCUT2D eigenvalue weighted by Crippen LogP contribution is -2.42. The zero-order chi connectivity index (χ0) is 14.8. The number of halogens is 1. The van der Waals surface area contributed by atoms with Crippen LogP contribution in [0.25, 0.3) is 0 Å². The van der Waals surface area contributed by atoms with Crippen molar-refractivity contribution in [3.63, 3.8) is 0 Å². The lowest BCUT2D eigenvalue weighted by Gasteiger charge is -2.29. The molecule has 0 amide bonds. The van der Waals surface area contributed by atoms with Crippen molar-refractivity contribution in [1.82, 2.24) is 4.31 Å². The van der Waals surface area contributed by atoms with Crippen molar-refractivity contribution in [2.45, 2.75) is 18.6 Å². The molecule has 1 saturated heterocycles. The summed E-state index contributed by atoms with van der Waals surface area (Å²) in [7, 11) is -3.46. The molecule has 0 radical (unpaired) electrons. The Labute approximate surface area is 126 Å². The minimum absolute atomic E-state index is 0.0776. The van der Waals surface area contributed by atoms with Gasteiger partial charge in [0.15, 0.2) is 0 Å². The molecule has 1 aliphatic rings. The average molecular weight is 362 g/mol. The van der Waals surface area contributed by atoms with Gasteiger partial charge < -0.3 is 5.11 Å². The van der Waals surface area contributed by atoms with Crippen LogP contribution in [0.1, 0.15) is 18.4 Å². The fraction of sp³-hybridized carbons (Fsp3) is 0.462. The maximum absolute atomic E-state index is 12.3. The number of carboxylic acids is 1. The minimum Gasteiger partial charge on any atom is -0.481 e. The first kappa shape index (κ1) is 15.5. The normalized spacial score (nSPS) is 20.8. The molecule has 1 aromatic rings. The van der Waals surface area contributed by atoms with E-state index in [1.54, 1.807) is 24.3 Å². The van der Waals surface area contributed by atoms with Gasteiger partial charge in [0.1, 0.15) is 0 Å². The Bertz CT molecular complexity index is 585. The number of carbonyl (C=O) groups is 1. The SMILES string of the molecule is O=C(O)C1CCCN(S(=O)(=O)Cc2ccc(Br)cc2)C1. The number of hydrogen-bond donors (Lipinski definition) is 1. The second-order valence-electron chi connectivity index (χ2n) is 4.92. The van der Waals surface area contributed by atoms with Crippen LogP contribution in [0.3, 0.4) is 0 Å². The van der Waals surface area contributed by atoms with Crippen LogP contribution in [-0.4, -0.2) is 36.9 Å². The molecule has 0 spiro atoms. The third-order valence-corrected chi connectivity index (χ3v) is 5.73. The Hall–Kier alpha value is -0.920. The maximum Gasteiger partial charge on any atom is 0.307 e. The fourth-order valence-corrected chi connectivity index (χ4v) is 4.15. The topological polar surface area (TPSA) is 74.7 Å². The largest absolute Gasteiger partial charge is 0.481 e. The summed E-state index contributed by atoms with van der Waals surface area (Å²) in [6.45, 7) is 0.483. The van der Waals surface area contributed by atoms with Crippen LogP contribution < -0.4 is 0 Å². The molecule has 5 nitrogen and oxygen atoms in total. The molecule has 7 heteroatoms. The molecule has 1 fully saturated rings. The third kappa shape index (κ3) is 3.80. The standard InChI is InChI=1S/C13H16BrNO4S/c14-12-5-3-10(4-6-12)9-20(18,19)15-7-1-2-11(8-15)13(16)17/h3-6,11H,1-2,7-9H2,(H,16,17). The van der Waals surface area contributed by atoms with Crippen molar-refractivity contribution in [1.29, 1.82) is 0 Å². The summed E-state index contributed by atoms with van der Waals surface area (Å²) in [5.74, 6) is -1.61. The number of piperidine rings is 1. The van der Waals surface area contributed by atoms with Crippen LogP contribution in [0.15, 0.2) is 28.7 Å². The quantitative estimate of drug-likeness (QED) is 0.890. The van der Waals surface area contributed by atoms with Gasteiger partial charge in [0.2, 0.25) is 10.0 Å². The van der Waals surface area contributed by atoms with Crippen molar-refractivity contribution in [3.8, 4) is 0 Å². The lowest BCUT2D eigenvalue weighted by atomic mass is 10.0. The summed E-state index contributed by atoms with van der Waals surface area (Å²) in [4.78, 5) is 11.0. The first-order valence-corrected chi connectivity index (χ1v) is 8.74. The van der Waals surface area contributed by atoms with Crippen molar-refractivity contribution in [2.24, 2.45) is 5.92 Å². The second-order valence-corrected chi connectivity index (χ2v) is 7.80. The number of aliphatic carboxylic acids is 1. The molecule has 1 atom stereocenters. The van der Waals surface area contributed by atoms with Crippen molar-refractivity contribution >= 4 is 31.9 Å². The molecular weight excluding hydrogens is 346 g/mol. The van der Waals surface area contributed by atoms with E-state index in [1.807, 2.05) is 0 Å². The van der Waals surface area contributed by atoms with Gasteiger partial charge in [-0.15, -0.1) is 0 Å². The zero-order valence-electron chi connectivity index (χ0n) is 10.8. The molecule has 0 aliphatic carbocycles. The van der Waals surface area contributed by atoms with Crippen molar-refractivity contribution in [3.05, 3.63) is 34.3 Å². The van der Waals surface area contributed by atoms with Gasteiger partial charge in [0, 0.05) is 17.6 Å². The lowest BCUT2D eigenvalue weighted by molar-refractivity contribution is -0.142. The van der Waals surface area contributed by atoms with E-state index in [0.29, 0.717) is 24.9 Å². The van der Waals surface area contributed by atoms with Gasteiger partial charge in [-0.25, -0.2) is 12.7 Å². The Balaban J connectivity index is 2.09. The van der Waals surface area contributed by atoms with E-state index in [1.165, 1.54) is 4.31 Å². The number of carboxylic acid groups (broad SMARTS) is 1. The van der Waals surface area contributed by atoms with Gasteiger partial charge in [0.05, 0.1) is 11.7 Å². The third-order valence-electron chi connectivity index (χ3n) is 3.39. The molecule has 1 aromatic carbocycles. The monoisotopic (exact) mass is 361 g/mol. The molecular formula is C13H16BrNO4S. The molecule has 0 bridgehead atoms. The molecule has 1 N–H and O–H groups in total. The molecule has 1 unspecified atom stereocenters. The number of benzene rings is 1. The average Bonchev–Trinajstić information content (AvgIpc) is 2.41. The fourth-order valence-electron chi connectivity index (χ4n) is 2.28. The van der Waals surface area contributed by atoms with Crippen LogP contribution in [0.2, 0.25) is 0 Å². The van der Waals surface area contributed by atoms with Crippen LogP contribution in [0, 0.1) is 5.92 Å². The van der Waals surface area contributed by atoms with E-state index in [2.05, 4.69) is 15.9 Å². The first-order valence-electron chi connectivity index (χ1n) is 6.33. The molecule has 0 aromatic heterocycles. The number of hydrogen-bond acceptors (Lipinski definition) is 3.